The quantitative estimate of drug-likeness (QED) is 0.386. The zero-order chi connectivity index (χ0) is 24.7. The first-order valence-electron chi connectivity index (χ1n) is 11.3. The first-order chi connectivity index (χ1) is 16.8. The van der Waals surface area contributed by atoms with Crippen LogP contribution in [0.5, 0.6) is 0 Å². The minimum Gasteiger partial charge on any atom is -0.467 e. The number of benzene rings is 1. The Labute approximate surface area is 205 Å². The van der Waals surface area contributed by atoms with Gasteiger partial charge in [-0.05, 0) is 63.1 Å². The highest BCUT2D eigenvalue weighted by Crippen LogP contribution is 2.25. The Balaban J connectivity index is 1.51. The average Bonchev–Trinajstić information content (AvgIpc) is 3.55. The van der Waals surface area contributed by atoms with Gasteiger partial charge in [0.2, 0.25) is 5.91 Å². The highest BCUT2D eigenvalue weighted by atomic mass is 32.1. The lowest BCUT2D eigenvalue weighted by Gasteiger charge is -2.09. The summed E-state index contributed by atoms with van der Waals surface area (Å²) in [5, 5.41) is 9.42. The van der Waals surface area contributed by atoms with Gasteiger partial charge < -0.3 is 9.73 Å². The van der Waals surface area contributed by atoms with Crippen LogP contribution in [0.1, 0.15) is 34.0 Å². The van der Waals surface area contributed by atoms with E-state index in [9.17, 15) is 9.59 Å². The summed E-state index contributed by atoms with van der Waals surface area (Å²) in [4.78, 5) is 31.4. The van der Waals surface area contributed by atoms with Gasteiger partial charge in [0.15, 0.2) is 4.96 Å². The molecule has 178 valence electrons. The lowest BCUT2D eigenvalue weighted by atomic mass is 10.1. The number of fused-ring (bicyclic) bond motifs is 1. The molecule has 0 spiro atoms. The molecule has 4 aromatic heterocycles. The zero-order valence-electron chi connectivity index (χ0n) is 20.0. The molecule has 0 radical (unpaired) electrons. The Kier molecular flexibility index (Phi) is 5.86. The van der Waals surface area contributed by atoms with Crippen molar-refractivity contribution in [2.24, 2.45) is 0 Å². The number of thiazole rings is 1. The maximum atomic E-state index is 13.7. The molecule has 1 amide bonds. The van der Waals surface area contributed by atoms with Gasteiger partial charge in [-0.3, -0.25) is 14.0 Å². The van der Waals surface area contributed by atoms with E-state index in [1.807, 2.05) is 38.4 Å². The number of aryl methyl sites for hydroxylation is 4. The highest BCUT2D eigenvalue weighted by Gasteiger charge is 2.20. The maximum Gasteiger partial charge on any atom is 0.268 e. The van der Waals surface area contributed by atoms with Crippen LogP contribution in [0.25, 0.3) is 21.9 Å². The minimum atomic E-state index is -0.229. The molecule has 0 atom stereocenters. The van der Waals surface area contributed by atoms with Gasteiger partial charge in [0, 0.05) is 16.8 Å². The number of furan rings is 1. The highest BCUT2D eigenvalue weighted by molar-refractivity contribution is 7.15. The fourth-order valence-electron chi connectivity index (χ4n) is 4.14. The molecule has 0 saturated carbocycles. The number of hydrogen-bond acceptors (Lipinski definition) is 6. The van der Waals surface area contributed by atoms with Gasteiger partial charge in [-0.1, -0.05) is 12.1 Å². The van der Waals surface area contributed by atoms with Crippen molar-refractivity contribution in [1.29, 1.82) is 0 Å². The minimum absolute atomic E-state index is 0.0563. The Morgan fingerprint density at radius 3 is 2.74 bits per heavy atom. The van der Waals surface area contributed by atoms with E-state index in [0.29, 0.717) is 39.9 Å². The summed E-state index contributed by atoms with van der Waals surface area (Å²) in [5.74, 6) is 0.463. The van der Waals surface area contributed by atoms with E-state index >= 15 is 0 Å². The molecule has 1 aromatic carbocycles. The van der Waals surface area contributed by atoms with E-state index in [-0.39, 0.29) is 17.9 Å². The third-order valence-corrected chi connectivity index (χ3v) is 6.81. The number of carbonyl (C=O) groups excluding carboxylic acids is 1. The van der Waals surface area contributed by atoms with E-state index in [1.54, 1.807) is 23.8 Å². The molecule has 8 nitrogen and oxygen atoms in total. The fourth-order valence-corrected chi connectivity index (χ4v) is 5.06. The van der Waals surface area contributed by atoms with E-state index in [1.165, 1.54) is 15.7 Å². The topological polar surface area (TPSA) is 94.4 Å². The second kappa shape index (κ2) is 8.99. The Hall–Kier alpha value is -3.98. The van der Waals surface area contributed by atoms with Crippen LogP contribution >= 0.6 is 11.3 Å². The van der Waals surface area contributed by atoms with Gasteiger partial charge in [-0.15, -0.1) is 11.3 Å². The van der Waals surface area contributed by atoms with Crippen molar-refractivity contribution in [2.75, 3.05) is 0 Å². The Morgan fingerprint density at radius 2 is 1.97 bits per heavy atom. The smallest absolute Gasteiger partial charge is 0.268 e. The van der Waals surface area contributed by atoms with E-state index < -0.39 is 0 Å². The lowest BCUT2D eigenvalue weighted by Crippen LogP contribution is -2.27. The second-order valence-electron chi connectivity index (χ2n) is 8.63. The molecule has 0 unspecified atom stereocenters. The van der Waals surface area contributed by atoms with Crippen LogP contribution in [0.15, 0.2) is 57.3 Å². The number of hydrogen-bond donors (Lipinski definition) is 1. The molecular formula is C26H25N5O3S. The molecule has 5 aromatic rings. The summed E-state index contributed by atoms with van der Waals surface area (Å²) in [5.41, 5.74) is 6.09. The molecule has 0 fully saturated rings. The summed E-state index contributed by atoms with van der Waals surface area (Å²) in [6.07, 6.45) is 1.62. The van der Waals surface area contributed by atoms with Gasteiger partial charge in [0.1, 0.15) is 11.5 Å². The number of nitrogens with one attached hydrogen (secondary N) is 1. The SMILES string of the molecule is Cc1ccc(C)c(-n2nc(-c3c(C)nc4scc(CC(=O)NCc5ccco5)n4c3=O)cc2C)c1. The van der Waals surface area contributed by atoms with Crippen molar-refractivity contribution in [3.8, 4) is 16.9 Å². The standard InChI is InChI=1S/C26H25N5O3S/c1-15-7-8-16(2)22(10-15)31-17(3)11-21(29-31)24-18(4)28-26-30(25(24)33)19(14-35-26)12-23(32)27-13-20-6-5-9-34-20/h5-11,14H,12-13H2,1-4H3,(H,27,32). The summed E-state index contributed by atoms with van der Waals surface area (Å²) < 4.78 is 8.64. The van der Waals surface area contributed by atoms with Gasteiger partial charge in [-0.2, -0.15) is 5.10 Å². The van der Waals surface area contributed by atoms with Gasteiger partial charge >= 0.3 is 0 Å². The van der Waals surface area contributed by atoms with Gasteiger partial charge in [0.05, 0.1) is 36.2 Å². The lowest BCUT2D eigenvalue weighted by molar-refractivity contribution is -0.120. The van der Waals surface area contributed by atoms with Crippen LogP contribution in [-0.2, 0) is 17.8 Å². The van der Waals surface area contributed by atoms with E-state index in [0.717, 1.165) is 22.5 Å². The van der Waals surface area contributed by atoms with Crippen molar-refractivity contribution in [3.63, 3.8) is 0 Å². The monoisotopic (exact) mass is 487 g/mol. The predicted molar refractivity (Wildman–Crippen MR) is 135 cm³/mol. The number of aromatic nitrogens is 4. The summed E-state index contributed by atoms with van der Waals surface area (Å²) in [6, 6.07) is 11.7. The largest absolute Gasteiger partial charge is 0.467 e. The third kappa shape index (κ3) is 4.30. The van der Waals surface area contributed by atoms with Crippen molar-refractivity contribution in [3.05, 3.63) is 92.4 Å². The maximum absolute atomic E-state index is 13.7. The van der Waals surface area contributed by atoms with Crippen molar-refractivity contribution in [2.45, 2.75) is 40.7 Å². The molecule has 0 saturated heterocycles. The Morgan fingerprint density at radius 1 is 1.14 bits per heavy atom. The number of rotatable bonds is 6. The van der Waals surface area contributed by atoms with Crippen LogP contribution in [-0.4, -0.2) is 25.1 Å². The molecule has 1 N–H and O–H groups in total. The van der Waals surface area contributed by atoms with E-state index in [4.69, 9.17) is 9.52 Å². The third-order valence-electron chi connectivity index (χ3n) is 5.94. The first-order valence-corrected chi connectivity index (χ1v) is 12.1. The molecular weight excluding hydrogens is 462 g/mol. The van der Waals surface area contributed by atoms with Crippen LogP contribution in [0.4, 0.5) is 0 Å². The zero-order valence-corrected chi connectivity index (χ0v) is 20.8. The Bertz CT molecular complexity index is 1610. The number of nitrogens with zero attached hydrogens (tertiary/aromatic N) is 4. The van der Waals surface area contributed by atoms with Crippen LogP contribution < -0.4 is 10.9 Å². The van der Waals surface area contributed by atoms with Crippen molar-refractivity contribution >= 4 is 22.2 Å². The second-order valence-corrected chi connectivity index (χ2v) is 9.46. The van der Waals surface area contributed by atoms with Crippen LogP contribution in [0, 0.1) is 27.7 Å². The van der Waals surface area contributed by atoms with Gasteiger partial charge in [-0.25, -0.2) is 9.67 Å². The van der Waals surface area contributed by atoms with Crippen molar-refractivity contribution in [1.82, 2.24) is 24.5 Å². The fraction of sp³-hybridized carbons (Fsp3) is 0.231. The number of amides is 1. The van der Waals surface area contributed by atoms with Crippen molar-refractivity contribution < 1.29 is 9.21 Å². The molecule has 35 heavy (non-hydrogen) atoms. The normalized spacial score (nSPS) is 11.3. The molecule has 0 aliphatic heterocycles. The molecule has 0 aliphatic rings. The van der Waals surface area contributed by atoms with Gasteiger partial charge in [0.25, 0.3) is 5.56 Å². The average molecular weight is 488 g/mol. The summed E-state index contributed by atoms with van der Waals surface area (Å²) >= 11 is 1.34. The number of carbonyl (C=O) groups is 1. The summed E-state index contributed by atoms with van der Waals surface area (Å²) in [6.45, 7) is 8.16. The van der Waals surface area contributed by atoms with E-state index in [2.05, 4.69) is 28.5 Å². The molecule has 5 rings (SSSR count). The first kappa shape index (κ1) is 22.8. The predicted octanol–water partition coefficient (Wildman–Crippen LogP) is 4.29. The molecule has 4 heterocycles. The molecule has 9 heteroatoms. The molecule has 0 aliphatic carbocycles. The van der Waals surface area contributed by atoms with Crippen LogP contribution in [0.3, 0.4) is 0 Å². The summed E-state index contributed by atoms with van der Waals surface area (Å²) in [7, 11) is 0. The molecule has 0 bridgehead atoms. The van der Waals surface area contributed by atoms with Crippen LogP contribution in [0.2, 0.25) is 0 Å².